The highest BCUT2D eigenvalue weighted by Gasteiger charge is 2.22. The van der Waals surface area contributed by atoms with Gasteiger partial charge in [-0.25, -0.2) is 19.9 Å². The van der Waals surface area contributed by atoms with Crippen LogP contribution in [0.3, 0.4) is 0 Å². The molecule has 0 unspecified atom stereocenters. The molecule has 0 aliphatic carbocycles. The number of hydrogen-bond donors (Lipinski definition) is 0. The zero-order valence-corrected chi connectivity index (χ0v) is 15.9. The monoisotopic (exact) mass is 353 g/mol. The van der Waals surface area contributed by atoms with Crippen LogP contribution in [-0.4, -0.2) is 59.2 Å². The minimum absolute atomic E-state index is 0.846. The van der Waals surface area contributed by atoms with Crippen LogP contribution in [0.15, 0.2) is 12.1 Å². The predicted molar refractivity (Wildman–Crippen MR) is 104 cm³/mol. The van der Waals surface area contributed by atoms with Crippen molar-refractivity contribution in [3.05, 3.63) is 29.3 Å². The van der Waals surface area contributed by atoms with Gasteiger partial charge in [0.15, 0.2) is 0 Å². The summed E-state index contributed by atoms with van der Waals surface area (Å²) in [6.07, 6.45) is 2.51. The standard InChI is InChI=1S/C19H27N7/c1-14-12-15(2)21-19(20-14)26-10-8-25(9-11-26)18-13-17(22-16(3)23-18)24-6-4-5-7-24/h12-13H,4-11H2,1-3H3. The fourth-order valence-electron chi connectivity index (χ4n) is 3.79. The molecule has 2 aliphatic heterocycles. The summed E-state index contributed by atoms with van der Waals surface area (Å²) in [5, 5.41) is 0. The molecule has 0 aromatic carbocycles. The second-order valence-electron chi connectivity index (χ2n) is 7.25. The molecule has 0 amide bonds. The topological polar surface area (TPSA) is 61.3 Å². The summed E-state index contributed by atoms with van der Waals surface area (Å²) < 4.78 is 0. The van der Waals surface area contributed by atoms with E-state index in [1.165, 1.54) is 12.8 Å². The highest BCUT2D eigenvalue weighted by molar-refractivity contribution is 5.52. The van der Waals surface area contributed by atoms with Crippen LogP contribution in [0.5, 0.6) is 0 Å². The van der Waals surface area contributed by atoms with Crippen LogP contribution in [0.4, 0.5) is 17.6 Å². The minimum Gasteiger partial charge on any atom is -0.356 e. The van der Waals surface area contributed by atoms with Crippen LogP contribution in [0.1, 0.15) is 30.1 Å². The molecule has 26 heavy (non-hydrogen) atoms. The van der Waals surface area contributed by atoms with Crippen molar-refractivity contribution in [2.45, 2.75) is 33.6 Å². The summed E-state index contributed by atoms with van der Waals surface area (Å²) >= 11 is 0. The van der Waals surface area contributed by atoms with Gasteiger partial charge in [0.1, 0.15) is 17.5 Å². The minimum atomic E-state index is 0.846. The average Bonchev–Trinajstić information content (AvgIpc) is 3.15. The first-order valence-electron chi connectivity index (χ1n) is 9.51. The lowest BCUT2D eigenvalue weighted by Gasteiger charge is -2.36. The molecule has 0 radical (unpaired) electrons. The van der Waals surface area contributed by atoms with E-state index in [2.05, 4.69) is 35.7 Å². The maximum Gasteiger partial charge on any atom is 0.225 e. The molecule has 2 aromatic rings. The number of aryl methyl sites for hydroxylation is 3. The quantitative estimate of drug-likeness (QED) is 0.837. The largest absolute Gasteiger partial charge is 0.356 e. The van der Waals surface area contributed by atoms with E-state index in [1.54, 1.807) is 0 Å². The maximum absolute atomic E-state index is 4.69. The van der Waals surface area contributed by atoms with Gasteiger partial charge < -0.3 is 14.7 Å². The van der Waals surface area contributed by atoms with E-state index in [0.717, 1.165) is 74.1 Å². The van der Waals surface area contributed by atoms with E-state index >= 15 is 0 Å². The van der Waals surface area contributed by atoms with Gasteiger partial charge in [0.2, 0.25) is 5.95 Å². The summed E-state index contributed by atoms with van der Waals surface area (Å²) in [4.78, 5) is 25.5. The van der Waals surface area contributed by atoms with Crippen molar-refractivity contribution in [1.29, 1.82) is 0 Å². The number of anilines is 3. The predicted octanol–water partition coefficient (Wildman–Crippen LogP) is 2.12. The van der Waals surface area contributed by atoms with E-state index in [-0.39, 0.29) is 0 Å². The van der Waals surface area contributed by atoms with Crippen LogP contribution in [0.25, 0.3) is 0 Å². The highest BCUT2D eigenvalue weighted by Crippen LogP contribution is 2.24. The van der Waals surface area contributed by atoms with Crippen molar-refractivity contribution in [3.8, 4) is 0 Å². The third-order valence-corrected chi connectivity index (χ3v) is 5.10. The summed E-state index contributed by atoms with van der Waals surface area (Å²) in [5.74, 6) is 3.81. The average molecular weight is 353 g/mol. The van der Waals surface area contributed by atoms with Crippen LogP contribution in [0.2, 0.25) is 0 Å². The summed E-state index contributed by atoms with van der Waals surface area (Å²) in [5.41, 5.74) is 2.05. The van der Waals surface area contributed by atoms with Crippen molar-refractivity contribution >= 4 is 17.6 Å². The number of hydrogen-bond acceptors (Lipinski definition) is 7. The molecule has 4 rings (SSSR count). The third kappa shape index (κ3) is 3.57. The molecule has 138 valence electrons. The fourth-order valence-corrected chi connectivity index (χ4v) is 3.79. The molecule has 2 fully saturated rings. The van der Waals surface area contributed by atoms with Gasteiger partial charge >= 0.3 is 0 Å². The van der Waals surface area contributed by atoms with Gasteiger partial charge in [0.25, 0.3) is 0 Å². The molecular weight excluding hydrogens is 326 g/mol. The summed E-state index contributed by atoms with van der Waals surface area (Å²) in [7, 11) is 0. The van der Waals surface area contributed by atoms with E-state index in [4.69, 9.17) is 4.98 Å². The Morgan fingerprint density at radius 2 is 1.12 bits per heavy atom. The van der Waals surface area contributed by atoms with Gasteiger partial charge in [0, 0.05) is 56.7 Å². The van der Waals surface area contributed by atoms with Gasteiger partial charge in [-0.2, -0.15) is 0 Å². The molecule has 7 nitrogen and oxygen atoms in total. The Morgan fingerprint density at radius 1 is 0.615 bits per heavy atom. The Balaban J connectivity index is 1.47. The molecule has 7 heteroatoms. The Labute approximate surface area is 155 Å². The van der Waals surface area contributed by atoms with Crippen LogP contribution in [0, 0.1) is 20.8 Å². The SMILES string of the molecule is Cc1cc(C)nc(N2CCN(c3cc(N4CCCC4)nc(C)n3)CC2)n1. The molecule has 2 saturated heterocycles. The van der Waals surface area contributed by atoms with Crippen molar-refractivity contribution in [1.82, 2.24) is 19.9 Å². The molecule has 0 atom stereocenters. The van der Waals surface area contributed by atoms with E-state index < -0.39 is 0 Å². The number of rotatable bonds is 3. The molecule has 0 bridgehead atoms. The van der Waals surface area contributed by atoms with Crippen molar-refractivity contribution in [3.63, 3.8) is 0 Å². The molecule has 2 aliphatic rings. The van der Waals surface area contributed by atoms with Gasteiger partial charge in [-0.1, -0.05) is 0 Å². The third-order valence-electron chi connectivity index (χ3n) is 5.10. The van der Waals surface area contributed by atoms with Crippen LogP contribution in [-0.2, 0) is 0 Å². The van der Waals surface area contributed by atoms with Gasteiger partial charge in [-0.05, 0) is 39.7 Å². The molecule has 0 N–H and O–H groups in total. The second kappa shape index (κ2) is 7.05. The lowest BCUT2D eigenvalue weighted by molar-refractivity contribution is 0.631. The van der Waals surface area contributed by atoms with Gasteiger partial charge in [-0.3, -0.25) is 0 Å². The van der Waals surface area contributed by atoms with E-state index in [1.807, 2.05) is 26.8 Å². The Hall–Kier alpha value is -2.44. The number of nitrogens with zero attached hydrogens (tertiary/aromatic N) is 7. The first kappa shape index (κ1) is 17.0. The zero-order valence-electron chi connectivity index (χ0n) is 15.9. The molecule has 0 spiro atoms. The fraction of sp³-hybridized carbons (Fsp3) is 0.579. The van der Waals surface area contributed by atoms with Crippen molar-refractivity contribution in [2.75, 3.05) is 54.0 Å². The number of aromatic nitrogens is 4. The van der Waals surface area contributed by atoms with Crippen molar-refractivity contribution < 1.29 is 0 Å². The molecule has 4 heterocycles. The Bertz CT molecular complexity index is 757. The van der Waals surface area contributed by atoms with Gasteiger partial charge in [-0.15, -0.1) is 0 Å². The summed E-state index contributed by atoms with van der Waals surface area (Å²) in [6.45, 7) is 11.9. The highest BCUT2D eigenvalue weighted by atomic mass is 15.3. The van der Waals surface area contributed by atoms with E-state index in [9.17, 15) is 0 Å². The first-order valence-corrected chi connectivity index (χ1v) is 9.51. The van der Waals surface area contributed by atoms with Gasteiger partial charge in [0.05, 0.1) is 0 Å². The maximum atomic E-state index is 4.69. The van der Waals surface area contributed by atoms with Crippen LogP contribution < -0.4 is 14.7 Å². The Kier molecular flexibility index (Phi) is 4.61. The second-order valence-corrected chi connectivity index (χ2v) is 7.25. The zero-order chi connectivity index (χ0) is 18.1. The smallest absolute Gasteiger partial charge is 0.225 e. The molecule has 2 aromatic heterocycles. The lowest BCUT2D eigenvalue weighted by Crippen LogP contribution is -2.47. The first-order chi connectivity index (χ1) is 12.6. The van der Waals surface area contributed by atoms with Crippen molar-refractivity contribution in [2.24, 2.45) is 0 Å². The molecule has 0 saturated carbocycles. The lowest BCUT2D eigenvalue weighted by atomic mass is 10.3. The Morgan fingerprint density at radius 3 is 1.69 bits per heavy atom. The van der Waals surface area contributed by atoms with E-state index in [0.29, 0.717) is 0 Å². The summed E-state index contributed by atoms with van der Waals surface area (Å²) in [6, 6.07) is 4.17. The van der Waals surface area contributed by atoms with Crippen LogP contribution >= 0.6 is 0 Å². The normalized spacial score (nSPS) is 17.9. The molecular formula is C19H27N7. The number of piperazine rings is 1.